The molecule has 0 unspecified atom stereocenters. The zero-order chi connectivity index (χ0) is 21.8. The van der Waals surface area contributed by atoms with Crippen LogP contribution in [-0.2, 0) is 19.5 Å². The molecule has 1 aliphatic heterocycles. The molecule has 6 nitrogen and oxygen atoms in total. The van der Waals surface area contributed by atoms with Crippen LogP contribution in [0.25, 0.3) is 0 Å². The van der Waals surface area contributed by atoms with E-state index in [-0.39, 0.29) is 5.91 Å². The molecule has 1 amide bonds. The Morgan fingerprint density at radius 3 is 2.66 bits per heavy atom. The molecule has 0 saturated carbocycles. The Morgan fingerprint density at radius 2 is 1.88 bits per heavy atom. The van der Waals surface area contributed by atoms with Crippen LogP contribution in [0.4, 0.5) is 5.13 Å². The fraction of sp³-hybridized carbons (Fsp3) is 0.160. The van der Waals surface area contributed by atoms with Gasteiger partial charge in [0.25, 0.3) is 5.91 Å². The van der Waals surface area contributed by atoms with Gasteiger partial charge in [0.2, 0.25) is 0 Å². The second-order valence-corrected chi connectivity index (χ2v) is 8.69. The number of aromatic nitrogens is 2. The lowest BCUT2D eigenvalue weighted by Crippen LogP contribution is -2.29. The molecule has 0 radical (unpaired) electrons. The van der Waals surface area contributed by atoms with Gasteiger partial charge in [-0.25, -0.2) is 4.98 Å². The fourth-order valence-electron chi connectivity index (χ4n) is 3.67. The quantitative estimate of drug-likeness (QED) is 0.448. The number of pyridine rings is 1. The monoisotopic (exact) mass is 442 g/mol. The summed E-state index contributed by atoms with van der Waals surface area (Å²) in [5.74, 6) is 1.13. The van der Waals surface area contributed by atoms with Gasteiger partial charge in [0, 0.05) is 42.7 Å². The summed E-state index contributed by atoms with van der Waals surface area (Å²) in [6.45, 7) is 2.75. The third kappa shape index (κ3) is 4.85. The first-order chi connectivity index (χ1) is 15.7. The topological polar surface area (TPSA) is 67.4 Å². The van der Waals surface area contributed by atoms with E-state index in [1.54, 1.807) is 48.0 Å². The fourth-order valence-corrected chi connectivity index (χ4v) is 4.71. The van der Waals surface area contributed by atoms with Gasteiger partial charge in [-0.3, -0.25) is 20.0 Å². The smallest absolute Gasteiger partial charge is 0.257 e. The van der Waals surface area contributed by atoms with Gasteiger partial charge in [0.15, 0.2) is 5.13 Å². The van der Waals surface area contributed by atoms with Crippen molar-refractivity contribution >= 4 is 22.4 Å². The number of hydrogen-bond donors (Lipinski definition) is 1. The average Bonchev–Trinajstić information content (AvgIpc) is 3.22. The van der Waals surface area contributed by atoms with E-state index in [9.17, 15) is 4.79 Å². The van der Waals surface area contributed by atoms with Crippen molar-refractivity contribution in [2.45, 2.75) is 19.5 Å². The van der Waals surface area contributed by atoms with Crippen molar-refractivity contribution in [3.05, 3.63) is 101 Å². The molecule has 1 aliphatic rings. The van der Waals surface area contributed by atoms with Crippen LogP contribution in [0.5, 0.6) is 11.5 Å². The average molecular weight is 443 g/mol. The summed E-state index contributed by atoms with van der Waals surface area (Å²) in [4.78, 5) is 25.0. The predicted molar refractivity (Wildman–Crippen MR) is 125 cm³/mol. The van der Waals surface area contributed by atoms with E-state index < -0.39 is 0 Å². The van der Waals surface area contributed by atoms with E-state index in [2.05, 4.69) is 44.5 Å². The number of carbonyl (C=O) groups is 1. The van der Waals surface area contributed by atoms with Crippen molar-refractivity contribution in [2.24, 2.45) is 0 Å². The highest BCUT2D eigenvalue weighted by Crippen LogP contribution is 2.29. The summed E-state index contributed by atoms with van der Waals surface area (Å²) in [5, 5.41) is 3.60. The van der Waals surface area contributed by atoms with Crippen LogP contribution < -0.4 is 10.1 Å². The van der Waals surface area contributed by atoms with Crippen molar-refractivity contribution < 1.29 is 9.53 Å². The Balaban J connectivity index is 1.20. The molecule has 32 heavy (non-hydrogen) atoms. The van der Waals surface area contributed by atoms with E-state index in [1.165, 1.54) is 10.4 Å². The Hall–Kier alpha value is -3.55. The Morgan fingerprint density at radius 1 is 1.03 bits per heavy atom. The number of benzene rings is 2. The molecule has 0 fully saturated rings. The van der Waals surface area contributed by atoms with Gasteiger partial charge in [-0.2, -0.15) is 0 Å². The number of thiazole rings is 1. The van der Waals surface area contributed by atoms with Gasteiger partial charge in [0.1, 0.15) is 11.5 Å². The lowest BCUT2D eigenvalue weighted by molar-refractivity contribution is 0.102. The molecular formula is C25H22N4O2S. The summed E-state index contributed by atoms with van der Waals surface area (Å²) in [5.41, 5.74) is 2.96. The van der Waals surface area contributed by atoms with Crippen LogP contribution >= 0.6 is 11.3 Å². The number of rotatable bonds is 6. The first-order valence-electron chi connectivity index (χ1n) is 10.5. The van der Waals surface area contributed by atoms with Crippen molar-refractivity contribution in [3.63, 3.8) is 0 Å². The molecular weight excluding hydrogens is 420 g/mol. The minimum atomic E-state index is -0.176. The lowest BCUT2D eigenvalue weighted by atomic mass is 10.1. The number of nitrogens with zero attached hydrogens (tertiary/aromatic N) is 3. The van der Waals surface area contributed by atoms with Crippen LogP contribution in [0.3, 0.4) is 0 Å². The Labute approximate surface area is 190 Å². The number of nitrogens with one attached hydrogen (secondary N) is 1. The van der Waals surface area contributed by atoms with Gasteiger partial charge in [-0.05, 0) is 42.0 Å². The molecule has 3 heterocycles. The predicted octanol–water partition coefficient (Wildman–Crippen LogP) is 5.14. The summed E-state index contributed by atoms with van der Waals surface area (Å²) in [6, 6.07) is 21.2. The minimum Gasteiger partial charge on any atom is -0.456 e. The van der Waals surface area contributed by atoms with Gasteiger partial charge in [0.05, 0.1) is 11.9 Å². The SMILES string of the molecule is O=C(Nc1nc2c(s1)CN(Cc1ccccc1)CC2)c1ccc(Oc2cccnc2)cc1. The van der Waals surface area contributed by atoms with Gasteiger partial charge >= 0.3 is 0 Å². The molecule has 160 valence electrons. The van der Waals surface area contributed by atoms with E-state index >= 15 is 0 Å². The van der Waals surface area contributed by atoms with E-state index in [1.807, 2.05) is 18.2 Å². The summed E-state index contributed by atoms with van der Waals surface area (Å²) < 4.78 is 5.73. The van der Waals surface area contributed by atoms with Gasteiger partial charge in [-0.1, -0.05) is 30.3 Å². The Kier molecular flexibility index (Phi) is 5.91. The maximum absolute atomic E-state index is 12.7. The number of fused-ring (bicyclic) bond motifs is 1. The number of anilines is 1. The minimum absolute atomic E-state index is 0.176. The van der Waals surface area contributed by atoms with Crippen molar-refractivity contribution in [2.75, 3.05) is 11.9 Å². The molecule has 4 aromatic rings. The Bertz CT molecular complexity index is 1190. The number of ether oxygens (including phenoxy) is 1. The number of carbonyl (C=O) groups excluding carboxylic acids is 1. The van der Waals surface area contributed by atoms with Crippen LogP contribution in [0.15, 0.2) is 79.1 Å². The highest BCUT2D eigenvalue weighted by molar-refractivity contribution is 7.15. The standard InChI is InChI=1S/C25H22N4O2S/c30-24(19-8-10-20(11-9-19)31-21-7-4-13-26-15-21)28-25-27-22-12-14-29(17-23(22)32-25)16-18-5-2-1-3-6-18/h1-11,13,15H,12,14,16-17H2,(H,27,28,30). The molecule has 0 bridgehead atoms. The van der Waals surface area contributed by atoms with Crippen LogP contribution in [0.2, 0.25) is 0 Å². The molecule has 2 aromatic heterocycles. The van der Waals surface area contributed by atoms with Crippen molar-refractivity contribution in [3.8, 4) is 11.5 Å². The summed E-state index contributed by atoms with van der Waals surface area (Å²) >= 11 is 1.56. The first kappa shape index (κ1) is 20.4. The largest absolute Gasteiger partial charge is 0.456 e. The summed E-state index contributed by atoms with van der Waals surface area (Å²) in [7, 11) is 0. The van der Waals surface area contributed by atoms with Crippen LogP contribution in [0, 0.1) is 0 Å². The molecule has 7 heteroatoms. The van der Waals surface area contributed by atoms with E-state index in [4.69, 9.17) is 4.74 Å². The van der Waals surface area contributed by atoms with Crippen molar-refractivity contribution in [1.29, 1.82) is 0 Å². The molecule has 0 spiro atoms. The molecule has 0 saturated heterocycles. The highest BCUT2D eigenvalue weighted by Gasteiger charge is 2.21. The lowest BCUT2D eigenvalue weighted by Gasteiger charge is -2.25. The summed E-state index contributed by atoms with van der Waals surface area (Å²) in [6.07, 6.45) is 4.23. The number of hydrogen-bond acceptors (Lipinski definition) is 6. The van der Waals surface area contributed by atoms with Crippen LogP contribution in [-0.4, -0.2) is 27.3 Å². The van der Waals surface area contributed by atoms with Crippen molar-refractivity contribution in [1.82, 2.24) is 14.9 Å². The first-order valence-corrected chi connectivity index (χ1v) is 11.3. The van der Waals surface area contributed by atoms with E-state index in [0.29, 0.717) is 22.2 Å². The third-order valence-electron chi connectivity index (χ3n) is 5.27. The molecule has 5 rings (SSSR count). The highest BCUT2D eigenvalue weighted by atomic mass is 32.1. The molecule has 0 atom stereocenters. The molecule has 2 aromatic carbocycles. The third-order valence-corrected chi connectivity index (χ3v) is 6.26. The van der Waals surface area contributed by atoms with Gasteiger partial charge in [-0.15, -0.1) is 11.3 Å². The maximum Gasteiger partial charge on any atom is 0.257 e. The molecule has 1 N–H and O–H groups in total. The maximum atomic E-state index is 12.7. The second kappa shape index (κ2) is 9.30. The number of amides is 1. The van der Waals surface area contributed by atoms with Gasteiger partial charge < -0.3 is 4.74 Å². The van der Waals surface area contributed by atoms with E-state index in [0.717, 1.165) is 31.7 Å². The second-order valence-electron chi connectivity index (χ2n) is 7.60. The van der Waals surface area contributed by atoms with Crippen LogP contribution in [0.1, 0.15) is 26.5 Å². The normalized spacial score (nSPS) is 13.4. The molecule has 0 aliphatic carbocycles. The zero-order valence-electron chi connectivity index (χ0n) is 17.4. The zero-order valence-corrected chi connectivity index (χ0v) is 18.2.